The molecule has 0 spiro atoms. The smallest absolute Gasteiger partial charge is 0.213 e. The molecule has 0 N–H and O–H groups in total. The van der Waals surface area contributed by atoms with Gasteiger partial charge in [-0.05, 0) is 28.8 Å². The van der Waals surface area contributed by atoms with Crippen LogP contribution in [0.2, 0.25) is 0 Å². The molecule has 3 rings (SSSR count). The summed E-state index contributed by atoms with van der Waals surface area (Å²) in [6, 6.07) is 0. The number of halogens is 1. The van der Waals surface area contributed by atoms with E-state index in [1.54, 1.807) is 4.52 Å². The van der Waals surface area contributed by atoms with Crippen LogP contribution in [0.5, 0.6) is 0 Å². The van der Waals surface area contributed by atoms with Gasteiger partial charge in [-0.15, -0.1) is 5.10 Å². The molecule has 3 heterocycles. The molecular weight excluding hydrogens is 266 g/mol. The molecule has 0 amide bonds. The first-order valence-electron chi connectivity index (χ1n) is 4.46. The van der Waals surface area contributed by atoms with E-state index in [0.29, 0.717) is 0 Å². The van der Waals surface area contributed by atoms with Crippen LogP contribution < -0.4 is 0 Å². The van der Waals surface area contributed by atoms with Crippen LogP contribution in [0.25, 0.3) is 4.96 Å². The highest BCUT2D eigenvalue weighted by atomic mass is 79.9. The number of ether oxygens (including phenoxy) is 1. The number of nitrogens with zero attached hydrogens (tertiary/aromatic N) is 3. The lowest BCUT2D eigenvalue weighted by Gasteiger charge is -2.03. The minimum absolute atomic E-state index is 0.183. The van der Waals surface area contributed by atoms with Gasteiger partial charge >= 0.3 is 0 Å². The van der Waals surface area contributed by atoms with E-state index >= 15 is 0 Å². The van der Waals surface area contributed by atoms with Crippen molar-refractivity contribution in [2.24, 2.45) is 0 Å². The minimum Gasteiger partial charge on any atom is -0.372 e. The van der Waals surface area contributed by atoms with Gasteiger partial charge in [-0.3, -0.25) is 0 Å². The van der Waals surface area contributed by atoms with Crippen molar-refractivity contribution in [2.75, 3.05) is 6.61 Å². The number of hydrogen-bond acceptors (Lipinski definition) is 4. The molecule has 1 saturated heterocycles. The zero-order valence-corrected chi connectivity index (χ0v) is 9.71. The molecule has 0 aliphatic carbocycles. The van der Waals surface area contributed by atoms with E-state index in [1.165, 1.54) is 11.3 Å². The predicted octanol–water partition coefficient (Wildman–Crippen LogP) is 2.40. The second-order valence-corrected chi connectivity index (χ2v) is 5.48. The first-order valence-corrected chi connectivity index (χ1v) is 6.07. The van der Waals surface area contributed by atoms with Crippen LogP contribution in [0.4, 0.5) is 0 Å². The standard InChI is InChI=1S/C8H8BrN3OS/c9-7-11-12-4-5(10-8(12)14-7)6-2-1-3-13-6/h4,6H,1-3H2. The predicted molar refractivity (Wildman–Crippen MR) is 56.5 cm³/mol. The van der Waals surface area contributed by atoms with Gasteiger partial charge in [0.05, 0.1) is 11.9 Å². The number of imidazole rings is 1. The fourth-order valence-corrected chi connectivity index (χ4v) is 2.88. The molecule has 74 valence electrons. The molecule has 0 bridgehead atoms. The molecule has 1 fully saturated rings. The van der Waals surface area contributed by atoms with Gasteiger partial charge in [-0.1, -0.05) is 11.3 Å². The summed E-state index contributed by atoms with van der Waals surface area (Å²) in [5.41, 5.74) is 1.01. The van der Waals surface area contributed by atoms with Crippen molar-refractivity contribution in [3.8, 4) is 0 Å². The molecule has 2 aromatic rings. The zero-order valence-electron chi connectivity index (χ0n) is 7.31. The number of fused-ring (bicyclic) bond motifs is 1. The molecule has 4 nitrogen and oxygen atoms in total. The van der Waals surface area contributed by atoms with Crippen LogP contribution in [0.15, 0.2) is 10.1 Å². The second kappa shape index (κ2) is 3.29. The van der Waals surface area contributed by atoms with Crippen molar-refractivity contribution in [3.05, 3.63) is 15.8 Å². The van der Waals surface area contributed by atoms with E-state index in [0.717, 1.165) is 34.0 Å². The molecule has 14 heavy (non-hydrogen) atoms. The van der Waals surface area contributed by atoms with E-state index in [2.05, 4.69) is 26.0 Å². The van der Waals surface area contributed by atoms with Crippen LogP contribution in [-0.2, 0) is 4.74 Å². The van der Waals surface area contributed by atoms with E-state index in [4.69, 9.17) is 4.74 Å². The lowest BCUT2D eigenvalue weighted by atomic mass is 10.2. The maximum Gasteiger partial charge on any atom is 0.213 e. The molecule has 0 aromatic carbocycles. The van der Waals surface area contributed by atoms with Crippen LogP contribution in [-0.4, -0.2) is 21.2 Å². The van der Waals surface area contributed by atoms with Crippen LogP contribution in [0.3, 0.4) is 0 Å². The average Bonchev–Trinajstić information content (AvgIpc) is 2.74. The monoisotopic (exact) mass is 273 g/mol. The largest absolute Gasteiger partial charge is 0.372 e. The van der Waals surface area contributed by atoms with Gasteiger partial charge in [0.15, 0.2) is 3.92 Å². The van der Waals surface area contributed by atoms with Crippen molar-refractivity contribution < 1.29 is 4.74 Å². The summed E-state index contributed by atoms with van der Waals surface area (Å²) in [5.74, 6) is 0. The van der Waals surface area contributed by atoms with Gasteiger partial charge in [-0.2, -0.15) is 0 Å². The molecule has 0 radical (unpaired) electrons. The van der Waals surface area contributed by atoms with Crippen molar-refractivity contribution in [1.82, 2.24) is 14.6 Å². The van der Waals surface area contributed by atoms with E-state index in [1.807, 2.05) is 6.20 Å². The quantitative estimate of drug-likeness (QED) is 0.801. The van der Waals surface area contributed by atoms with Crippen LogP contribution in [0, 0.1) is 0 Å². The minimum atomic E-state index is 0.183. The fourth-order valence-electron chi connectivity index (χ4n) is 1.66. The zero-order chi connectivity index (χ0) is 9.54. The maximum atomic E-state index is 5.56. The van der Waals surface area contributed by atoms with Gasteiger partial charge in [0.25, 0.3) is 0 Å². The first kappa shape index (κ1) is 8.82. The van der Waals surface area contributed by atoms with Crippen molar-refractivity contribution >= 4 is 32.2 Å². The highest BCUT2D eigenvalue weighted by molar-refractivity contribution is 9.11. The molecular formula is C8H8BrN3OS. The molecule has 2 aromatic heterocycles. The topological polar surface area (TPSA) is 39.4 Å². The Hall–Kier alpha value is -0.460. The third-order valence-corrected chi connectivity index (χ3v) is 3.65. The Morgan fingerprint density at radius 1 is 1.64 bits per heavy atom. The Bertz CT molecular complexity index is 429. The normalized spacial score (nSPS) is 22.2. The van der Waals surface area contributed by atoms with E-state index in [9.17, 15) is 0 Å². The van der Waals surface area contributed by atoms with Gasteiger partial charge in [0.1, 0.15) is 6.10 Å². The summed E-state index contributed by atoms with van der Waals surface area (Å²) in [7, 11) is 0. The molecule has 1 atom stereocenters. The Morgan fingerprint density at radius 3 is 3.29 bits per heavy atom. The molecule has 6 heteroatoms. The average molecular weight is 274 g/mol. The lowest BCUT2D eigenvalue weighted by molar-refractivity contribution is 0.109. The summed E-state index contributed by atoms with van der Waals surface area (Å²) in [6.07, 6.45) is 4.34. The lowest BCUT2D eigenvalue weighted by Crippen LogP contribution is -1.95. The maximum absolute atomic E-state index is 5.56. The number of aromatic nitrogens is 3. The summed E-state index contributed by atoms with van der Waals surface area (Å²) in [6.45, 7) is 0.854. The Kier molecular flexibility index (Phi) is 2.07. The fraction of sp³-hybridized carbons (Fsp3) is 0.500. The summed E-state index contributed by atoms with van der Waals surface area (Å²) in [4.78, 5) is 5.40. The SMILES string of the molecule is Brc1nn2cc(C3CCCO3)nc2s1. The number of rotatable bonds is 1. The number of hydrogen-bond donors (Lipinski definition) is 0. The summed E-state index contributed by atoms with van der Waals surface area (Å²) in [5, 5.41) is 4.24. The van der Waals surface area contributed by atoms with E-state index < -0.39 is 0 Å². The van der Waals surface area contributed by atoms with Gasteiger partial charge < -0.3 is 4.74 Å². The van der Waals surface area contributed by atoms with Gasteiger partial charge in [-0.25, -0.2) is 9.50 Å². The molecule has 1 aliphatic rings. The third kappa shape index (κ3) is 1.37. The van der Waals surface area contributed by atoms with Crippen LogP contribution in [0.1, 0.15) is 24.6 Å². The van der Waals surface area contributed by atoms with Crippen molar-refractivity contribution in [3.63, 3.8) is 0 Å². The van der Waals surface area contributed by atoms with Gasteiger partial charge in [0.2, 0.25) is 4.96 Å². The summed E-state index contributed by atoms with van der Waals surface area (Å²) < 4.78 is 8.21. The highest BCUT2D eigenvalue weighted by Gasteiger charge is 2.21. The highest BCUT2D eigenvalue weighted by Crippen LogP contribution is 2.29. The Morgan fingerprint density at radius 2 is 2.57 bits per heavy atom. The molecule has 1 unspecified atom stereocenters. The Labute approximate surface area is 93.0 Å². The third-order valence-electron chi connectivity index (χ3n) is 2.30. The molecule has 0 saturated carbocycles. The Balaban J connectivity index is 2.01. The second-order valence-electron chi connectivity index (χ2n) is 3.25. The molecule has 1 aliphatic heterocycles. The van der Waals surface area contributed by atoms with E-state index in [-0.39, 0.29) is 6.10 Å². The van der Waals surface area contributed by atoms with Crippen molar-refractivity contribution in [2.45, 2.75) is 18.9 Å². The van der Waals surface area contributed by atoms with Gasteiger partial charge in [0, 0.05) is 6.61 Å². The van der Waals surface area contributed by atoms with Crippen LogP contribution >= 0.6 is 27.3 Å². The first-order chi connectivity index (χ1) is 6.83. The van der Waals surface area contributed by atoms with Crippen molar-refractivity contribution in [1.29, 1.82) is 0 Å². The summed E-state index contributed by atoms with van der Waals surface area (Å²) >= 11 is 4.86.